The van der Waals surface area contributed by atoms with E-state index >= 15 is 0 Å². The Morgan fingerprint density at radius 2 is 1.95 bits per heavy atom. The van der Waals surface area contributed by atoms with E-state index in [4.69, 9.17) is 5.11 Å². The molecule has 1 fully saturated rings. The Hall–Kier alpha value is -1.64. The molecule has 0 aromatic heterocycles. The first-order chi connectivity index (χ1) is 9.60. The molecule has 2 rings (SSSR count). The van der Waals surface area contributed by atoms with E-state index in [-0.39, 0.29) is 23.5 Å². The molecule has 116 valence electrons. The third-order valence-corrected chi connectivity index (χ3v) is 5.67. The van der Waals surface area contributed by atoms with Crippen molar-refractivity contribution in [2.45, 2.75) is 30.8 Å². The summed E-state index contributed by atoms with van der Waals surface area (Å²) in [5, 5.41) is 28.4. The maximum Gasteiger partial charge on any atom is 0.339 e. The zero-order chi connectivity index (χ0) is 16.0. The Morgan fingerprint density at radius 3 is 2.43 bits per heavy atom. The number of aryl methyl sites for hydroxylation is 1. The molecule has 1 aliphatic heterocycles. The lowest BCUT2D eigenvalue weighted by Gasteiger charge is -2.45. The van der Waals surface area contributed by atoms with Crippen molar-refractivity contribution in [2.24, 2.45) is 0 Å². The lowest BCUT2D eigenvalue weighted by molar-refractivity contribution is -0.0613. The van der Waals surface area contributed by atoms with Crippen molar-refractivity contribution < 1.29 is 28.5 Å². The van der Waals surface area contributed by atoms with Crippen LogP contribution in [-0.4, -0.2) is 52.7 Å². The molecule has 0 bridgehead atoms. The maximum absolute atomic E-state index is 12.5. The monoisotopic (exact) mass is 315 g/mol. The zero-order valence-electron chi connectivity index (χ0n) is 11.7. The second-order valence-electron chi connectivity index (χ2n) is 5.29. The predicted octanol–water partition coefficient (Wildman–Crippen LogP) is 0.544. The number of hydrogen-bond donors (Lipinski definition) is 3. The van der Waals surface area contributed by atoms with Crippen LogP contribution in [0.3, 0.4) is 0 Å². The van der Waals surface area contributed by atoms with Gasteiger partial charge in [0, 0.05) is 13.1 Å². The number of aliphatic hydroxyl groups is 1. The number of carboxylic acid groups (broad SMARTS) is 1. The minimum absolute atomic E-state index is 0.0193. The van der Waals surface area contributed by atoms with Gasteiger partial charge in [0.05, 0.1) is 10.5 Å². The zero-order valence-corrected chi connectivity index (χ0v) is 12.5. The van der Waals surface area contributed by atoms with Crippen LogP contribution in [0, 0.1) is 6.92 Å². The van der Waals surface area contributed by atoms with Crippen LogP contribution in [0.15, 0.2) is 17.0 Å². The van der Waals surface area contributed by atoms with Gasteiger partial charge in [0.2, 0.25) is 10.0 Å². The van der Waals surface area contributed by atoms with Gasteiger partial charge in [0.15, 0.2) is 0 Å². The summed E-state index contributed by atoms with van der Waals surface area (Å²) in [5.74, 6) is -1.88. The van der Waals surface area contributed by atoms with Gasteiger partial charge in [-0.15, -0.1) is 0 Å². The van der Waals surface area contributed by atoms with Crippen molar-refractivity contribution >= 4 is 16.0 Å². The number of carboxylic acids is 1. The van der Waals surface area contributed by atoms with E-state index in [0.717, 1.165) is 16.4 Å². The molecule has 0 spiro atoms. The summed E-state index contributed by atoms with van der Waals surface area (Å²) in [4.78, 5) is 10.8. The van der Waals surface area contributed by atoms with Crippen LogP contribution >= 0.6 is 0 Å². The Bertz CT molecular complexity index is 691. The first kappa shape index (κ1) is 15.7. The molecule has 1 aromatic carbocycles. The highest BCUT2D eigenvalue weighted by Crippen LogP contribution is 2.33. The van der Waals surface area contributed by atoms with E-state index in [0.29, 0.717) is 6.42 Å². The molecule has 0 unspecified atom stereocenters. The van der Waals surface area contributed by atoms with Crippen molar-refractivity contribution in [3.05, 3.63) is 23.3 Å². The molecule has 1 aliphatic rings. The fourth-order valence-electron chi connectivity index (χ4n) is 2.26. The van der Waals surface area contributed by atoms with Crippen LogP contribution in [0.2, 0.25) is 0 Å². The number of aromatic hydroxyl groups is 1. The highest BCUT2D eigenvalue weighted by atomic mass is 32.2. The first-order valence-corrected chi connectivity index (χ1v) is 7.84. The number of nitrogens with zero attached hydrogens (tertiary/aromatic N) is 1. The number of carbonyl (C=O) groups is 1. The maximum atomic E-state index is 12.5. The molecule has 1 heterocycles. The number of rotatable bonds is 4. The molecule has 7 nitrogen and oxygen atoms in total. The Labute approximate surface area is 122 Å². The molecule has 1 saturated heterocycles. The van der Waals surface area contributed by atoms with Gasteiger partial charge in [-0.1, -0.05) is 6.92 Å². The van der Waals surface area contributed by atoms with Gasteiger partial charge in [-0.25, -0.2) is 13.2 Å². The topological polar surface area (TPSA) is 115 Å². The molecular formula is C13H17NO6S. The van der Waals surface area contributed by atoms with Gasteiger partial charge < -0.3 is 15.3 Å². The number of β-amino-alcohol motifs (C(OH)–C–C–N with tert-alkyl or cyclic N) is 1. The number of sulfonamides is 1. The Morgan fingerprint density at radius 1 is 1.38 bits per heavy atom. The molecular weight excluding hydrogens is 298 g/mol. The van der Waals surface area contributed by atoms with Crippen LogP contribution in [-0.2, 0) is 10.0 Å². The van der Waals surface area contributed by atoms with Gasteiger partial charge in [0.25, 0.3) is 0 Å². The second kappa shape index (κ2) is 4.97. The van der Waals surface area contributed by atoms with E-state index in [1.54, 1.807) is 6.92 Å². The summed E-state index contributed by atoms with van der Waals surface area (Å²) in [6.07, 6.45) is 0.438. The summed E-state index contributed by atoms with van der Waals surface area (Å²) in [6.45, 7) is 3.20. The molecule has 0 amide bonds. The normalized spacial score (nSPS) is 18.2. The quantitative estimate of drug-likeness (QED) is 0.747. The highest BCUT2D eigenvalue weighted by Gasteiger charge is 2.46. The van der Waals surface area contributed by atoms with Gasteiger partial charge in [-0.05, 0) is 31.0 Å². The summed E-state index contributed by atoms with van der Waals surface area (Å²) in [6, 6.07) is 2.06. The van der Waals surface area contributed by atoms with Gasteiger partial charge in [-0.3, -0.25) is 0 Å². The van der Waals surface area contributed by atoms with Crippen LogP contribution in [0.25, 0.3) is 0 Å². The van der Waals surface area contributed by atoms with Crippen molar-refractivity contribution in [1.82, 2.24) is 4.31 Å². The molecule has 8 heteroatoms. The fraction of sp³-hybridized carbons (Fsp3) is 0.462. The Kier molecular flexibility index (Phi) is 3.73. The molecule has 0 aliphatic carbocycles. The average molecular weight is 315 g/mol. The molecule has 0 radical (unpaired) electrons. The van der Waals surface area contributed by atoms with E-state index in [1.807, 2.05) is 0 Å². The minimum Gasteiger partial charge on any atom is -0.507 e. The van der Waals surface area contributed by atoms with E-state index in [2.05, 4.69) is 0 Å². The fourth-order valence-corrected chi connectivity index (χ4v) is 4.10. The number of hydrogen-bond acceptors (Lipinski definition) is 5. The minimum atomic E-state index is -3.89. The van der Waals surface area contributed by atoms with Crippen molar-refractivity contribution in [2.75, 3.05) is 13.1 Å². The van der Waals surface area contributed by atoms with E-state index in [9.17, 15) is 23.4 Å². The molecule has 3 N–H and O–H groups in total. The van der Waals surface area contributed by atoms with Crippen molar-refractivity contribution in [3.8, 4) is 5.75 Å². The molecule has 1 aromatic rings. The molecule has 21 heavy (non-hydrogen) atoms. The van der Waals surface area contributed by atoms with Crippen LogP contribution in [0.5, 0.6) is 5.75 Å². The van der Waals surface area contributed by atoms with Crippen LogP contribution in [0.1, 0.15) is 29.3 Å². The summed E-state index contributed by atoms with van der Waals surface area (Å²) in [7, 11) is -3.89. The first-order valence-electron chi connectivity index (χ1n) is 6.40. The van der Waals surface area contributed by atoms with Crippen LogP contribution in [0.4, 0.5) is 0 Å². The van der Waals surface area contributed by atoms with Gasteiger partial charge >= 0.3 is 5.97 Å². The van der Waals surface area contributed by atoms with E-state index in [1.165, 1.54) is 6.92 Å². The second-order valence-corrected chi connectivity index (χ2v) is 7.20. The average Bonchev–Trinajstić information content (AvgIpc) is 2.34. The van der Waals surface area contributed by atoms with Crippen molar-refractivity contribution in [3.63, 3.8) is 0 Å². The van der Waals surface area contributed by atoms with Crippen molar-refractivity contribution in [1.29, 1.82) is 0 Å². The van der Waals surface area contributed by atoms with E-state index < -0.39 is 32.9 Å². The SMILES string of the molecule is CCC1(O)CN(S(=O)(=O)c2cc(C(=O)O)c(O)cc2C)C1. The standard InChI is InChI=1S/C13H17NO6S/c1-3-13(18)6-14(7-13)21(19,20)11-5-9(12(16)17)10(15)4-8(11)2/h4-5,15,18H,3,6-7H2,1-2H3,(H,16,17). The number of phenols is 1. The largest absolute Gasteiger partial charge is 0.507 e. The summed E-state index contributed by atoms with van der Waals surface area (Å²) >= 11 is 0. The number of aromatic carboxylic acids is 1. The lowest BCUT2D eigenvalue weighted by Crippen LogP contribution is -2.62. The predicted molar refractivity (Wildman–Crippen MR) is 73.8 cm³/mol. The summed E-state index contributed by atoms with van der Waals surface area (Å²) < 4.78 is 26.0. The highest BCUT2D eigenvalue weighted by molar-refractivity contribution is 7.89. The van der Waals surface area contributed by atoms with Crippen LogP contribution < -0.4 is 0 Å². The molecule has 0 saturated carbocycles. The summed E-state index contributed by atoms with van der Waals surface area (Å²) in [5.41, 5.74) is -1.23. The smallest absolute Gasteiger partial charge is 0.339 e. The molecule has 0 atom stereocenters. The Balaban J connectivity index is 2.42. The third kappa shape index (κ3) is 2.61. The third-order valence-electron chi connectivity index (χ3n) is 3.74. The lowest BCUT2D eigenvalue weighted by atomic mass is 9.94. The van der Waals surface area contributed by atoms with Gasteiger partial charge in [0.1, 0.15) is 11.3 Å². The number of benzene rings is 1. The van der Waals surface area contributed by atoms with Gasteiger partial charge in [-0.2, -0.15) is 4.31 Å².